The zero-order valence-corrected chi connectivity index (χ0v) is 13.6. The fourth-order valence-corrected chi connectivity index (χ4v) is 2.56. The summed E-state index contributed by atoms with van der Waals surface area (Å²) in [7, 11) is 0. The monoisotopic (exact) mass is 324 g/mol. The first-order chi connectivity index (χ1) is 11.3. The lowest BCUT2D eigenvalue weighted by atomic mass is 10.1. The zero-order chi connectivity index (χ0) is 17.9. The number of aromatic nitrogens is 1. The summed E-state index contributed by atoms with van der Waals surface area (Å²) in [5.41, 5.74) is 2.43. The fourth-order valence-electron chi connectivity index (χ4n) is 2.56. The Morgan fingerprint density at radius 2 is 1.96 bits per heavy atom. The lowest BCUT2D eigenvalue weighted by molar-refractivity contribution is 0.0473. The minimum absolute atomic E-state index is 0.134. The molecule has 0 saturated heterocycles. The Morgan fingerprint density at radius 1 is 1.25 bits per heavy atom. The second kappa shape index (κ2) is 6.92. The molecule has 6 nitrogen and oxygen atoms in total. The molecular weight excluding hydrogens is 308 g/mol. The molecule has 0 atom stereocenters. The number of aromatic amines is 1. The summed E-state index contributed by atoms with van der Waals surface area (Å²) in [6.07, 6.45) is 0. The van der Waals surface area contributed by atoms with Gasteiger partial charge in [-0.05, 0) is 44.5 Å². The number of hydrogen-bond acceptors (Lipinski definition) is 5. The van der Waals surface area contributed by atoms with Crippen molar-refractivity contribution in [3.8, 4) is 6.07 Å². The topological polar surface area (TPSA) is 100 Å². The van der Waals surface area contributed by atoms with Gasteiger partial charge in [-0.1, -0.05) is 6.07 Å². The Bertz CT molecular complexity index is 872. The van der Waals surface area contributed by atoms with Crippen molar-refractivity contribution in [2.24, 2.45) is 0 Å². The van der Waals surface area contributed by atoms with E-state index in [1.807, 2.05) is 6.07 Å². The molecule has 0 saturated carbocycles. The van der Waals surface area contributed by atoms with E-state index < -0.39 is 18.4 Å². The van der Waals surface area contributed by atoms with Gasteiger partial charge in [0.2, 0.25) is 5.78 Å². The highest BCUT2D eigenvalue weighted by Gasteiger charge is 2.21. The summed E-state index contributed by atoms with van der Waals surface area (Å²) in [5, 5.41) is 8.83. The van der Waals surface area contributed by atoms with Gasteiger partial charge in [-0.3, -0.25) is 9.59 Å². The lowest BCUT2D eigenvalue weighted by Crippen LogP contribution is -2.15. The number of carbonyl (C=O) groups excluding carboxylic acids is 3. The van der Waals surface area contributed by atoms with Crippen molar-refractivity contribution in [2.45, 2.75) is 20.8 Å². The van der Waals surface area contributed by atoms with Crippen LogP contribution in [0.5, 0.6) is 0 Å². The third-order valence-corrected chi connectivity index (χ3v) is 3.63. The number of H-pyrrole nitrogens is 1. The molecule has 0 radical (unpaired) electrons. The molecule has 0 amide bonds. The van der Waals surface area contributed by atoms with Crippen molar-refractivity contribution in [1.29, 1.82) is 5.26 Å². The maximum atomic E-state index is 12.2. The van der Waals surface area contributed by atoms with Gasteiger partial charge in [0.25, 0.3) is 0 Å². The fraction of sp³-hybridized carbons (Fsp3) is 0.222. The second-order valence-electron chi connectivity index (χ2n) is 5.37. The smallest absolute Gasteiger partial charge is 0.338 e. The van der Waals surface area contributed by atoms with Crippen molar-refractivity contribution < 1.29 is 19.1 Å². The number of esters is 1. The number of carbonyl (C=O) groups is 3. The summed E-state index contributed by atoms with van der Waals surface area (Å²) in [6, 6.07) is 7.96. The average Bonchev–Trinajstić information content (AvgIpc) is 2.87. The molecule has 0 aliphatic rings. The largest absolute Gasteiger partial charge is 0.454 e. The van der Waals surface area contributed by atoms with Gasteiger partial charge in [0.1, 0.15) is 0 Å². The van der Waals surface area contributed by atoms with Crippen molar-refractivity contribution in [3.05, 3.63) is 57.9 Å². The van der Waals surface area contributed by atoms with Gasteiger partial charge in [0, 0.05) is 11.3 Å². The van der Waals surface area contributed by atoms with Gasteiger partial charge in [0.05, 0.1) is 22.9 Å². The first-order valence-electron chi connectivity index (χ1n) is 7.25. The number of ether oxygens (including phenoxy) is 1. The Morgan fingerprint density at radius 3 is 2.54 bits per heavy atom. The van der Waals surface area contributed by atoms with Crippen LogP contribution in [0.2, 0.25) is 0 Å². The molecule has 0 spiro atoms. The molecule has 0 bridgehead atoms. The van der Waals surface area contributed by atoms with Crippen LogP contribution in [0.1, 0.15) is 54.9 Å². The third-order valence-electron chi connectivity index (χ3n) is 3.63. The molecule has 1 N–H and O–H groups in total. The molecule has 2 rings (SSSR count). The number of rotatable bonds is 5. The Balaban J connectivity index is 2.11. The lowest BCUT2D eigenvalue weighted by Gasteiger charge is -2.04. The van der Waals surface area contributed by atoms with Crippen molar-refractivity contribution >= 4 is 17.5 Å². The van der Waals surface area contributed by atoms with E-state index in [1.54, 1.807) is 26.0 Å². The maximum absolute atomic E-state index is 12.2. The minimum Gasteiger partial charge on any atom is -0.454 e. The van der Waals surface area contributed by atoms with Crippen LogP contribution in [0, 0.1) is 25.2 Å². The molecular formula is C18H16N2O4. The summed E-state index contributed by atoms with van der Waals surface area (Å²) in [5.74, 6) is -1.24. The van der Waals surface area contributed by atoms with Crippen LogP contribution < -0.4 is 0 Å². The normalized spacial score (nSPS) is 10.1. The van der Waals surface area contributed by atoms with Crippen LogP contribution in [0.25, 0.3) is 0 Å². The molecule has 6 heteroatoms. The Kier molecular flexibility index (Phi) is 4.95. The highest BCUT2D eigenvalue weighted by molar-refractivity contribution is 6.04. The van der Waals surface area contributed by atoms with E-state index in [9.17, 15) is 14.4 Å². The SMILES string of the molecule is CC(=O)c1c(C)[nH]c(C(=O)COC(=O)c2cccc(C#N)c2)c1C. The van der Waals surface area contributed by atoms with Crippen LogP contribution in [-0.2, 0) is 4.74 Å². The molecule has 122 valence electrons. The molecule has 0 aliphatic heterocycles. The number of nitrogens with one attached hydrogen (secondary N) is 1. The van der Waals surface area contributed by atoms with Gasteiger partial charge in [-0.15, -0.1) is 0 Å². The molecule has 0 aliphatic carbocycles. The van der Waals surface area contributed by atoms with Crippen LogP contribution in [0.3, 0.4) is 0 Å². The van der Waals surface area contributed by atoms with Gasteiger partial charge >= 0.3 is 5.97 Å². The molecule has 2 aromatic rings. The summed E-state index contributed by atoms with van der Waals surface area (Å²) >= 11 is 0. The molecule has 1 aromatic heterocycles. The number of benzene rings is 1. The number of nitriles is 1. The average molecular weight is 324 g/mol. The third kappa shape index (κ3) is 3.41. The number of Topliss-reactive ketones (excluding diaryl/α,β-unsaturated/α-hetero) is 2. The molecule has 1 aromatic carbocycles. The van der Waals surface area contributed by atoms with Gasteiger partial charge in [-0.25, -0.2) is 4.79 Å². The first-order valence-corrected chi connectivity index (χ1v) is 7.25. The van der Waals surface area contributed by atoms with Crippen LogP contribution in [-0.4, -0.2) is 29.1 Å². The molecule has 0 unspecified atom stereocenters. The summed E-state index contributed by atoms with van der Waals surface area (Å²) < 4.78 is 5.01. The Labute approximate surface area is 139 Å². The highest BCUT2D eigenvalue weighted by atomic mass is 16.5. The van der Waals surface area contributed by atoms with Crippen molar-refractivity contribution in [1.82, 2.24) is 4.98 Å². The van der Waals surface area contributed by atoms with Gasteiger partial charge in [0.15, 0.2) is 12.4 Å². The molecule has 1 heterocycles. The summed E-state index contributed by atoms with van der Waals surface area (Å²) in [6.45, 7) is 4.36. The van der Waals surface area contributed by atoms with E-state index in [-0.39, 0.29) is 17.0 Å². The Hall–Kier alpha value is -3.20. The second-order valence-corrected chi connectivity index (χ2v) is 5.37. The van der Waals surface area contributed by atoms with Crippen LogP contribution in [0.4, 0.5) is 0 Å². The van der Waals surface area contributed by atoms with E-state index in [2.05, 4.69) is 4.98 Å². The minimum atomic E-state index is -0.687. The van der Waals surface area contributed by atoms with E-state index >= 15 is 0 Å². The van der Waals surface area contributed by atoms with E-state index in [0.29, 0.717) is 22.4 Å². The van der Waals surface area contributed by atoms with Crippen molar-refractivity contribution in [2.75, 3.05) is 6.61 Å². The predicted octanol–water partition coefficient (Wildman–Crippen LogP) is 2.75. The van der Waals surface area contributed by atoms with Crippen molar-refractivity contribution in [3.63, 3.8) is 0 Å². The van der Waals surface area contributed by atoms with Crippen LogP contribution in [0.15, 0.2) is 24.3 Å². The standard InChI is InChI=1S/C18H16N2O4/c1-10-16(12(3)21)11(2)20-17(10)15(22)9-24-18(23)14-6-4-5-13(7-14)8-19/h4-7,20H,9H2,1-3H3. The summed E-state index contributed by atoms with van der Waals surface area (Å²) in [4.78, 5) is 38.7. The highest BCUT2D eigenvalue weighted by Crippen LogP contribution is 2.19. The molecule has 0 fully saturated rings. The zero-order valence-electron chi connectivity index (χ0n) is 13.6. The van der Waals surface area contributed by atoms with E-state index in [4.69, 9.17) is 10.00 Å². The first kappa shape index (κ1) is 17.2. The van der Waals surface area contributed by atoms with E-state index in [0.717, 1.165) is 0 Å². The number of nitrogens with zero attached hydrogens (tertiary/aromatic N) is 1. The van der Waals surface area contributed by atoms with Gasteiger partial charge < -0.3 is 9.72 Å². The van der Waals surface area contributed by atoms with E-state index in [1.165, 1.54) is 19.1 Å². The number of hydrogen-bond donors (Lipinski definition) is 1. The number of ketones is 2. The predicted molar refractivity (Wildman–Crippen MR) is 86.0 cm³/mol. The maximum Gasteiger partial charge on any atom is 0.338 e. The number of aryl methyl sites for hydroxylation is 1. The quantitative estimate of drug-likeness (QED) is 0.673. The van der Waals surface area contributed by atoms with Gasteiger partial charge in [-0.2, -0.15) is 5.26 Å². The van der Waals surface area contributed by atoms with Crippen LogP contribution >= 0.6 is 0 Å². The molecule has 24 heavy (non-hydrogen) atoms.